The molecular weight excluding hydrogens is 398 g/mol. The Morgan fingerprint density at radius 3 is 2.77 bits per heavy atom. The molecule has 2 amide bonds. The van der Waals surface area contributed by atoms with E-state index in [1.807, 2.05) is 29.3 Å². The standard InChI is InChI=1S/C22H25N5O2S/c1-22(8-9-22)21(29)26-10-6-16(7-11-26)17-3-4-18(30-17)20(28)23-12-15-2-5-19-24-14-25-27(19)13-15/h2-5,13-14,16H,6-12H2,1H3,(H,23,28). The first-order valence-electron chi connectivity index (χ1n) is 10.5. The molecule has 1 saturated heterocycles. The highest BCUT2D eigenvalue weighted by atomic mass is 32.1. The maximum absolute atomic E-state index is 12.6. The summed E-state index contributed by atoms with van der Waals surface area (Å²) in [5.41, 5.74) is 1.67. The van der Waals surface area contributed by atoms with Crippen molar-refractivity contribution < 1.29 is 9.59 Å². The summed E-state index contributed by atoms with van der Waals surface area (Å²) < 4.78 is 1.70. The minimum atomic E-state index is -0.0838. The number of hydrogen-bond acceptors (Lipinski definition) is 5. The number of carbonyl (C=O) groups is 2. The lowest BCUT2D eigenvalue weighted by molar-refractivity contribution is -0.137. The fourth-order valence-corrected chi connectivity index (χ4v) is 5.17. The molecule has 0 spiro atoms. The van der Waals surface area contributed by atoms with Gasteiger partial charge in [-0.25, -0.2) is 9.50 Å². The number of rotatable bonds is 5. The van der Waals surface area contributed by atoms with Gasteiger partial charge >= 0.3 is 0 Å². The van der Waals surface area contributed by atoms with Gasteiger partial charge in [0.05, 0.1) is 4.88 Å². The summed E-state index contributed by atoms with van der Waals surface area (Å²) >= 11 is 1.57. The van der Waals surface area contributed by atoms with Crippen LogP contribution in [0.2, 0.25) is 0 Å². The van der Waals surface area contributed by atoms with E-state index >= 15 is 0 Å². The summed E-state index contributed by atoms with van der Waals surface area (Å²) in [6.45, 7) is 4.17. The normalized spacial score (nSPS) is 18.5. The lowest BCUT2D eigenvalue weighted by atomic mass is 9.94. The molecule has 1 saturated carbocycles. The van der Waals surface area contributed by atoms with Crippen LogP contribution in [-0.2, 0) is 11.3 Å². The largest absolute Gasteiger partial charge is 0.347 e. The third-order valence-corrected chi connectivity index (χ3v) is 7.59. The van der Waals surface area contributed by atoms with E-state index in [2.05, 4.69) is 28.4 Å². The van der Waals surface area contributed by atoms with Crippen LogP contribution < -0.4 is 5.32 Å². The highest BCUT2D eigenvalue weighted by Crippen LogP contribution is 2.47. The Balaban J connectivity index is 1.16. The Morgan fingerprint density at radius 1 is 1.20 bits per heavy atom. The number of nitrogens with zero attached hydrogens (tertiary/aromatic N) is 4. The smallest absolute Gasteiger partial charge is 0.261 e. The zero-order valence-electron chi connectivity index (χ0n) is 17.0. The van der Waals surface area contributed by atoms with E-state index in [4.69, 9.17) is 0 Å². The number of carbonyl (C=O) groups excluding carboxylic acids is 2. The van der Waals surface area contributed by atoms with Gasteiger partial charge in [-0.05, 0) is 55.4 Å². The number of likely N-dealkylation sites (tertiary alicyclic amines) is 1. The van der Waals surface area contributed by atoms with Crippen LogP contribution in [0.4, 0.5) is 0 Å². The predicted octanol–water partition coefficient (Wildman–Crippen LogP) is 3.23. The summed E-state index contributed by atoms with van der Waals surface area (Å²) in [6, 6.07) is 7.82. The molecule has 3 aromatic heterocycles. The molecule has 2 aliphatic rings. The van der Waals surface area contributed by atoms with Crippen LogP contribution in [0.25, 0.3) is 5.65 Å². The van der Waals surface area contributed by atoms with Crippen molar-refractivity contribution in [3.05, 3.63) is 52.1 Å². The van der Waals surface area contributed by atoms with Crippen molar-refractivity contribution in [1.29, 1.82) is 0 Å². The molecule has 0 aromatic carbocycles. The van der Waals surface area contributed by atoms with E-state index in [0.717, 1.165) is 54.9 Å². The first-order valence-corrected chi connectivity index (χ1v) is 11.3. The summed E-state index contributed by atoms with van der Waals surface area (Å²) in [5.74, 6) is 0.706. The minimum Gasteiger partial charge on any atom is -0.347 e. The zero-order valence-corrected chi connectivity index (χ0v) is 17.8. The Kier molecular flexibility index (Phi) is 4.81. The Labute approximate surface area is 179 Å². The average molecular weight is 424 g/mol. The van der Waals surface area contributed by atoms with Crippen molar-refractivity contribution in [1.82, 2.24) is 24.8 Å². The van der Waals surface area contributed by atoms with Gasteiger partial charge in [-0.1, -0.05) is 13.0 Å². The van der Waals surface area contributed by atoms with Crippen LogP contribution in [0.15, 0.2) is 36.8 Å². The van der Waals surface area contributed by atoms with E-state index in [9.17, 15) is 9.59 Å². The topological polar surface area (TPSA) is 79.6 Å². The lowest BCUT2D eigenvalue weighted by Crippen LogP contribution is -2.41. The molecule has 7 nitrogen and oxygen atoms in total. The molecule has 30 heavy (non-hydrogen) atoms. The van der Waals surface area contributed by atoms with E-state index in [-0.39, 0.29) is 11.3 Å². The molecule has 1 N–H and O–H groups in total. The van der Waals surface area contributed by atoms with Gasteiger partial charge in [-0.3, -0.25) is 9.59 Å². The molecule has 0 bridgehead atoms. The number of nitrogens with one attached hydrogen (secondary N) is 1. The number of amides is 2. The van der Waals surface area contributed by atoms with Crippen molar-refractivity contribution in [3.63, 3.8) is 0 Å². The maximum Gasteiger partial charge on any atom is 0.261 e. The number of hydrogen-bond donors (Lipinski definition) is 1. The van der Waals surface area contributed by atoms with E-state index in [1.54, 1.807) is 15.9 Å². The maximum atomic E-state index is 12.6. The van der Waals surface area contributed by atoms with Crippen molar-refractivity contribution >= 4 is 28.8 Å². The van der Waals surface area contributed by atoms with Crippen LogP contribution in [0.1, 0.15) is 58.6 Å². The Hall–Kier alpha value is -2.74. The Morgan fingerprint density at radius 2 is 2.00 bits per heavy atom. The quantitative estimate of drug-likeness (QED) is 0.683. The van der Waals surface area contributed by atoms with Crippen molar-refractivity contribution in [3.8, 4) is 0 Å². The molecular formula is C22H25N5O2S. The number of thiophene rings is 1. The van der Waals surface area contributed by atoms with Gasteiger partial charge in [0.1, 0.15) is 6.33 Å². The summed E-state index contributed by atoms with van der Waals surface area (Å²) in [4.78, 5) is 33.3. The first kappa shape index (κ1) is 19.2. The van der Waals surface area contributed by atoms with Gasteiger partial charge in [-0.15, -0.1) is 11.3 Å². The van der Waals surface area contributed by atoms with Gasteiger partial charge in [-0.2, -0.15) is 5.10 Å². The van der Waals surface area contributed by atoms with Crippen molar-refractivity contribution in [2.45, 2.75) is 45.1 Å². The fraction of sp³-hybridized carbons (Fsp3) is 0.455. The van der Waals surface area contributed by atoms with Gasteiger partial charge in [0.2, 0.25) is 5.91 Å². The van der Waals surface area contributed by atoms with E-state index < -0.39 is 0 Å². The SMILES string of the molecule is CC1(C(=O)N2CCC(c3ccc(C(=O)NCc4ccc5ncnn5c4)s3)CC2)CC1. The van der Waals surface area contributed by atoms with E-state index in [0.29, 0.717) is 18.4 Å². The third kappa shape index (κ3) is 3.71. The number of fused-ring (bicyclic) bond motifs is 1. The second-order valence-electron chi connectivity index (χ2n) is 8.61. The molecule has 1 aliphatic carbocycles. The monoisotopic (exact) mass is 423 g/mol. The molecule has 8 heteroatoms. The van der Waals surface area contributed by atoms with Gasteiger partial charge in [0.25, 0.3) is 5.91 Å². The first-order chi connectivity index (χ1) is 14.5. The van der Waals surface area contributed by atoms with Crippen molar-refractivity contribution in [2.24, 2.45) is 5.41 Å². The molecule has 0 radical (unpaired) electrons. The van der Waals surface area contributed by atoms with Crippen LogP contribution in [0.3, 0.4) is 0 Å². The van der Waals surface area contributed by atoms with Crippen LogP contribution in [0.5, 0.6) is 0 Å². The molecule has 1 aliphatic heterocycles. The minimum absolute atomic E-state index is 0.0563. The van der Waals surface area contributed by atoms with Crippen LogP contribution in [-0.4, -0.2) is 44.4 Å². The number of aromatic nitrogens is 3. The second kappa shape index (κ2) is 7.50. The molecule has 2 fully saturated rings. The lowest BCUT2D eigenvalue weighted by Gasteiger charge is -2.33. The molecule has 4 heterocycles. The van der Waals surface area contributed by atoms with Crippen LogP contribution >= 0.6 is 11.3 Å². The summed E-state index contributed by atoms with van der Waals surface area (Å²) in [6.07, 6.45) is 7.39. The average Bonchev–Trinajstić information content (AvgIpc) is 3.18. The van der Waals surface area contributed by atoms with Gasteiger partial charge in [0, 0.05) is 36.1 Å². The van der Waals surface area contributed by atoms with E-state index in [1.165, 1.54) is 11.2 Å². The summed E-state index contributed by atoms with van der Waals surface area (Å²) in [5, 5.41) is 7.11. The molecule has 0 atom stereocenters. The predicted molar refractivity (Wildman–Crippen MR) is 114 cm³/mol. The van der Waals surface area contributed by atoms with Gasteiger partial charge in [0.15, 0.2) is 5.65 Å². The molecule has 156 valence electrons. The second-order valence-corrected chi connectivity index (χ2v) is 9.73. The van der Waals surface area contributed by atoms with Crippen molar-refractivity contribution in [2.75, 3.05) is 13.1 Å². The molecule has 0 unspecified atom stereocenters. The van der Waals surface area contributed by atoms with Crippen LogP contribution in [0, 0.1) is 5.41 Å². The third-order valence-electron chi connectivity index (χ3n) is 6.34. The number of piperidine rings is 1. The molecule has 3 aromatic rings. The highest BCUT2D eigenvalue weighted by Gasteiger charge is 2.47. The number of pyridine rings is 1. The Bertz CT molecular complexity index is 1090. The molecule has 5 rings (SSSR count). The highest BCUT2D eigenvalue weighted by molar-refractivity contribution is 7.14. The zero-order chi connectivity index (χ0) is 20.7. The fourth-order valence-electron chi connectivity index (χ4n) is 4.08. The van der Waals surface area contributed by atoms with Gasteiger partial charge < -0.3 is 10.2 Å². The summed E-state index contributed by atoms with van der Waals surface area (Å²) in [7, 11) is 0.